The third kappa shape index (κ3) is 1.98. The topological polar surface area (TPSA) is 55.0 Å². The molecule has 78 valence electrons. The lowest BCUT2D eigenvalue weighted by Crippen LogP contribution is -2.06. The van der Waals surface area contributed by atoms with Crippen molar-refractivity contribution in [2.75, 3.05) is 6.61 Å². The van der Waals surface area contributed by atoms with E-state index in [1.807, 2.05) is 12.3 Å². The Kier molecular flexibility index (Phi) is 2.67. The first kappa shape index (κ1) is 9.71. The molecule has 4 nitrogen and oxygen atoms in total. The van der Waals surface area contributed by atoms with Gasteiger partial charge in [-0.2, -0.15) is 0 Å². The van der Waals surface area contributed by atoms with Crippen molar-refractivity contribution < 1.29 is 9.53 Å². The van der Waals surface area contributed by atoms with Gasteiger partial charge in [0.1, 0.15) is 0 Å². The molecule has 0 spiro atoms. The summed E-state index contributed by atoms with van der Waals surface area (Å²) in [6, 6.07) is 1.89. The molecule has 2 rings (SSSR count). The number of aromatic nitrogens is 2. The fourth-order valence-electron chi connectivity index (χ4n) is 1.55. The van der Waals surface area contributed by atoms with E-state index < -0.39 is 0 Å². The van der Waals surface area contributed by atoms with Crippen LogP contribution in [0.2, 0.25) is 0 Å². The largest absolute Gasteiger partial charge is 0.466 e. The minimum absolute atomic E-state index is 0.199. The molecule has 0 unspecified atom stereocenters. The van der Waals surface area contributed by atoms with E-state index in [-0.39, 0.29) is 5.97 Å². The van der Waals surface area contributed by atoms with E-state index in [4.69, 9.17) is 4.74 Å². The first-order chi connectivity index (χ1) is 7.31. The monoisotopic (exact) mass is 204 g/mol. The molecule has 0 aliphatic rings. The maximum atomic E-state index is 11.3. The van der Waals surface area contributed by atoms with E-state index in [0.717, 1.165) is 16.5 Å². The lowest BCUT2D eigenvalue weighted by molar-refractivity contribution is -0.142. The van der Waals surface area contributed by atoms with Crippen LogP contribution in [0, 0.1) is 0 Å². The smallest absolute Gasteiger partial charge is 0.310 e. The maximum Gasteiger partial charge on any atom is 0.310 e. The van der Waals surface area contributed by atoms with Crippen LogP contribution < -0.4 is 0 Å². The molecule has 2 aromatic heterocycles. The highest BCUT2D eigenvalue weighted by atomic mass is 16.5. The van der Waals surface area contributed by atoms with Gasteiger partial charge in [0.25, 0.3) is 0 Å². The quantitative estimate of drug-likeness (QED) is 0.774. The SMILES string of the molecule is CCOC(=O)Cc1c[nH]c2cnccc12. The van der Waals surface area contributed by atoms with Gasteiger partial charge in [0.15, 0.2) is 0 Å². The lowest BCUT2D eigenvalue weighted by atomic mass is 10.1. The number of esters is 1. The van der Waals surface area contributed by atoms with E-state index >= 15 is 0 Å². The highest BCUT2D eigenvalue weighted by Gasteiger charge is 2.08. The van der Waals surface area contributed by atoms with Gasteiger partial charge in [-0.3, -0.25) is 9.78 Å². The fraction of sp³-hybridized carbons (Fsp3) is 0.273. The summed E-state index contributed by atoms with van der Waals surface area (Å²) in [6.45, 7) is 2.22. The Morgan fingerprint density at radius 3 is 3.27 bits per heavy atom. The van der Waals surface area contributed by atoms with Gasteiger partial charge in [0.2, 0.25) is 0 Å². The van der Waals surface area contributed by atoms with Crippen LogP contribution in [0.1, 0.15) is 12.5 Å². The van der Waals surface area contributed by atoms with E-state index in [0.29, 0.717) is 13.0 Å². The van der Waals surface area contributed by atoms with Crippen molar-refractivity contribution in [2.45, 2.75) is 13.3 Å². The third-order valence-electron chi connectivity index (χ3n) is 2.21. The molecular formula is C11H12N2O2. The summed E-state index contributed by atoms with van der Waals surface area (Å²) in [7, 11) is 0. The molecule has 0 atom stereocenters. The van der Waals surface area contributed by atoms with E-state index in [1.165, 1.54) is 0 Å². The van der Waals surface area contributed by atoms with Crippen LogP contribution >= 0.6 is 0 Å². The van der Waals surface area contributed by atoms with Crippen molar-refractivity contribution in [3.05, 3.63) is 30.2 Å². The molecule has 1 N–H and O–H groups in total. The minimum atomic E-state index is -0.199. The summed E-state index contributed by atoms with van der Waals surface area (Å²) in [5.41, 5.74) is 1.89. The second-order valence-corrected chi connectivity index (χ2v) is 3.22. The van der Waals surface area contributed by atoms with Crippen LogP contribution in [0.3, 0.4) is 0 Å². The summed E-state index contributed by atoms with van der Waals surface area (Å²) >= 11 is 0. The lowest BCUT2D eigenvalue weighted by Gasteiger charge is -1.99. The number of hydrogen-bond acceptors (Lipinski definition) is 3. The predicted molar refractivity (Wildman–Crippen MR) is 56.4 cm³/mol. The zero-order valence-electron chi connectivity index (χ0n) is 8.49. The number of nitrogens with zero attached hydrogens (tertiary/aromatic N) is 1. The molecule has 0 aliphatic carbocycles. The standard InChI is InChI=1S/C11H12N2O2/c1-2-15-11(14)5-8-6-13-10-7-12-4-3-9(8)10/h3-4,6-7,13H,2,5H2,1H3. The van der Waals surface area contributed by atoms with Crippen LogP contribution in [0.5, 0.6) is 0 Å². The number of ether oxygens (including phenoxy) is 1. The molecule has 0 radical (unpaired) electrons. The van der Waals surface area contributed by atoms with Gasteiger partial charge in [-0.05, 0) is 18.6 Å². The second kappa shape index (κ2) is 4.13. The van der Waals surface area contributed by atoms with Gasteiger partial charge in [-0.25, -0.2) is 0 Å². The highest BCUT2D eigenvalue weighted by molar-refractivity contribution is 5.86. The van der Waals surface area contributed by atoms with Crippen molar-refractivity contribution in [1.29, 1.82) is 0 Å². The van der Waals surface area contributed by atoms with Crippen LogP contribution in [-0.4, -0.2) is 22.5 Å². The van der Waals surface area contributed by atoms with Crippen molar-refractivity contribution in [1.82, 2.24) is 9.97 Å². The average Bonchev–Trinajstić information content (AvgIpc) is 2.62. The Morgan fingerprint density at radius 1 is 1.60 bits per heavy atom. The van der Waals surface area contributed by atoms with Gasteiger partial charge < -0.3 is 9.72 Å². The number of carbonyl (C=O) groups is 1. The maximum absolute atomic E-state index is 11.3. The Balaban J connectivity index is 2.25. The number of pyridine rings is 1. The van der Waals surface area contributed by atoms with Gasteiger partial charge in [-0.15, -0.1) is 0 Å². The first-order valence-corrected chi connectivity index (χ1v) is 4.87. The zero-order valence-corrected chi connectivity index (χ0v) is 8.49. The van der Waals surface area contributed by atoms with Gasteiger partial charge >= 0.3 is 5.97 Å². The van der Waals surface area contributed by atoms with Crippen molar-refractivity contribution in [2.24, 2.45) is 0 Å². The Hall–Kier alpha value is -1.84. The van der Waals surface area contributed by atoms with Crippen molar-refractivity contribution in [3.8, 4) is 0 Å². The number of fused-ring (bicyclic) bond motifs is 1. The van der Waals surface area contributed by atoms with Crippen LogP contribution in [0.15, 0.2) is 24.7 Å². The van der Waals surface area contributed by atoms with Crippen molar-refractivity contribution in [3.63, 3.8) is 0 Å². The predicted octanol–water partition coefficient (Wildman–Crippen LogP) is 1.67. The normalized spacial score (nSPS) is 10.5. The molecule has 0 aliphatic heterocycles. The fourth-order valence-corrected chi connectivity index (χ4v) is 1.55. The van der Waals surface area contributed by atoms with E-state index in [2.05, 4.69) is 9.97 Å². The molecule has 0 bridgehead atoms. The van der Waals surface area contributed by atoms with E-state index in [9.17, 15) is 4.79 Å². The van der Waals surface area contributed by atoms with Crippen molar-refractivity contribution >= 4 is 16.9 Å². The van der Waals surface area contributed by atoms with Gasteiger partial charge in [0.05, 0.1) is 24.7 Å². The molecule has 0 saturated heterocycles. The van der Waals surface area contributed by atoms with E-state index in [1.54, 1.807) is 19.3 Å². The minimum Gasteiger partial charge on any atom is -0.466 e. The number of aromatic amines is 1. The number of hydrogen-bond donors (Lipinski definition) is 1. The summed E-state index contributed by atoms with van der Waals surface area (Å²) in [5, 5.41) is 1.03. The summed E-state index contributed by atoms with van der Waals surface area (Å²) < 4.78 is 4.90. The molecule has 0 amide bonds. The molecule has 0 aromatic carbocycles. The summed E-state index contributed by atoms with van der Waals surface area (Å²) in [4.78, 5) is 18.4. The van der Waals surface area contributed by atoms with Crippen LogP contribution in [0.25, 0.3) is 10.9 Å². The van der Waals surface area contributed by atoms with Crippen LogP contribution in [-0.2, 0) is 16.0 Å². The number of carbonyl (C=O) groups excluding carboxylic acids is 1. The highest BCUT2D eigenvalue weighted by Crippen LogP contribution is 2.17. The Labute approximate surface area is 87.3 Å². The first-order valence-electron chi connectivity index (χ1n) is 4.87. The molecule has 15 heavy (non-hydrogen) atoms. The molecule has 0 fully saturated rings. The van der Waals surface area contributed by atoms with Gasteiger partial charge in [-0.1, -0.05) is 0 Å². The molecule has 2 heterocycles. The molecular weight excluding hydrogens is 192 g/mol. The van der Waals surface area contributed by atoms with Gasteiger partial charge in [0, 0.05) is 17.8 Å². The summed E-state index contributed by atoms with van der Waals surface area (Å²) in [6.07, 6.45) is 5.58. The average molecular weight is 204 g/mol. The number of H-pyrrole nitrogens is 1. The Bertz CT molecular complexity index is 476. The number of nitrogens with one attached hydrogen (secondary N) is 1. The Morgan fingerprint density at radius 2 is 2.47 bits per heavy atom. The molecule has 4 heteroatoms. The van der Waals surface area contributed by atoms with Crippen LogP contribution in [0.4, 0.5) is 0 Å². The molecule has 2 aromatic rings. The second-order valence-electron chi connectivity index (χ2n) is 3.22. The summed E-state index contributed by atoms with van der Waals surface area (Å²) in [5.74, 6) is -0.199. The molecule has 0 saturated carbocycles. The number of rotatable bonds is 3. The zero-order chi connectivity index (χ0) is 10.7. The third-order valence-corrected chi connectivity index (χ3v) is 2.21.